The molecule has 0 radical (unpaired) electrons. The zero-order valence-corrected chi connectivity index (χ0v) is 14.1. The van der Waals surface area contributed by atoms with E-state index in [2.05, 4.69) is 20.3 Å². The van der Waals surface area contributed by atoms with E-state index in [0.717, 1.165) is 11.1 Å². The maximum atomic E-state index is 12.2. The lowest BCUT2D eigenvalue weighted by molar-refractivity contribution is 0.0512. The number of hydrogen-bond acceptors (Lipinski definition) is 7. The van der Waals surface area contributed by atoms with Crippen molar-refractivity contribution >= 4 is 33.9 Å². The van der Waals surface area contributed by atoms with Crippen molar-refractivity contribution in [2.75, 3.05) is 11.9 Å². The van der Waals surface area contributed by atoms with Crippen molar-refractivity contribution in [1.82, 2.24) is 15.0 Å². The molecule has 0 bridgehead atoms. The number of benzene rings is 1. The van der Waals surface area contributed by atoms with Gasteiger partial charge in [0.1, 0.15) is 11.1 Å². The van der Waals surface area contributed by atoms with Gasteiger partial charge in [0, 0.05) is 11.6 Å². The van der Waals surface area contributed by atoms with Crippen molar-refractivity contribution in [3.8, 4) is 0 Å². The van der Waals surface area contributed by atoms with Crippen LogP contribution in [-0.4, -0.2) is 27.5 Å². The first-order valence-electron chi connectivity index (χ1n) is 8.26. The number of esters is 1. The molecule has 0 saturated carbocycles. The molecule has 0 aliphatic rings. The molecule has 4 rings (SSSR count). The number of carbonyl (C=O) groups excluding carboxylic acids is 1. The maximum absolute atomic E-state index is 12.2. The van der Waals surface area contributed by atoms with Gasteiger partial charge in [-0.25, -0.2) is 14.8 Å². The SMILES string of the molecule is CCOC(=O)c1nc(NCc2ccccn2)c2oc3ccccc3c2n1. The van der Waals surface area contributed by atoms with Crippen molar-refractivity contribution in [2.24, 2.45) is 0 Å². The fraction of sp³-hybridized carbons (Fsp3) is 0.158. The zero-order chi connectivity index (χ0) is 17.9. The molecule has 7 heteroatoms. The molecular formula is C19H16N4O3. The number of fused-ring (bicyclic) bond motifs is 3. The van der Waals surface area contributed by atoms with Crippen LogP contribution in [0.5, 0.6) is 0 Å². The second kappa shape index (κ2) is 6.79. The zero-order valence-electron chi connectivity index (χ0n) is 14.1. The first-order chi connectivity index (χ1) is 12.8. The molecule has 0 fully saturated rings. The maximum Gasteiger partial charge on any atom is 0.376 e. The lowest BCUT2D eigenvalue weighted by Crippen LogP contribution is -2.12. The van der Waals surface area contributed by atoms with E-state index in [-0.39, 0.29) is 12.4 Å². The largest absolute Gasteiger partial charge is 0.460 e. The van der Waals surface area contributed by atoms with E-state index in [1.54, 1.807) is 13.1 Å². The van der Waals surface area contributed by atoms with Gasteiger partial charge in [-0.3, -0.25) is 4.98 Å². The molecule has 0 aliphatic heterocycles. The van der Waals surface area contributed by atoms with Gasteiger partial charge in [0.25, 0.3) is 0 Å². The summed E-state index contributed by atoms with van der Waals surface area (Å²) in [5.41, 5.74) is 2.59. The number of hydrogen-bond donors (Lipinski definition) is 1. The third kappa shape index (κ3) is 2.95. The average Bonchev–Trinajstić information content (AvgIpc) is 3.06. The van der Waals surface area contributed by atoms with E-state index in [4.69, 9.17) is 9.15 Å². The van der Waals surface area contributed by atoms with Crippen LogP contribution in [0.4, 0.5) is 5.82 Å². The van der Waals surface area contributed by atoms with Gasteiger partial charge in [0.15, 0.2) is 11.4 Å². The Hall–Kier alpha value is -3.48. The van der Waals surface area contributed by atoms with E-state index in [0.29, 0.717) is 29.0 Å². The molecule has 0 atom stereocenters. The Morgan fingerprint density at radius 2 is 2.00 bits per heavy atom. The summed E-state index contributed by atoms with van der Waals surface area (Å²) in [7, 11) is 0. The van der Waals surface area contributed by atoms with Gasteiger partial charge in [-0.2, -0.15) is 0 Å². The highest BCUT2D eigenvalue weighted by Crippen LogP contribution is 2.31. The predicted octanol–water partition coefficient (Wildman–Crippen LogP) is 3.56. The number of anilines is 1. The lowest BCUT2D eigenvalue weighted by Gasteiger charge is -2.07. The number of furan rings is 1. The summed E-state index contributed by atoms with van der Waals surface area (Å²) in [6.07, 6.45) is 1.72. The van der Waals surface area contributed by atoms with Gasteiger partial charge in [-0.15, -0.1) is 0 Å². The molecule has 0 spiro atoms. The van der Waals surface area contributed by atoms with Crippen LogP contribution < -0.4 is 5.32 Å². The van der Waals surface area contributed by atoms with E-state index in [9.17, 15) is 4.79 Å². The molecule has 7 nitrogen and oxygen atoms in total. The summed E-state index contributed by atoms with van der Waals surface area (Å²) in [6, 6.07) is 13.2. The van der Waals surface area contributed by atoms with Gasteiger partial charge in [0.2, 0.25) is 5.82 Å². The summed E-state index contributed by atoms with van der Waals surface area (Å²) >= 11 is 0. The Bertz CT molecular complexity index is 1080. The van der Waals surface area contributed by atoms with Crippen molar-refractivity contribution in [3.05, 3.63) is 60.2 Å². The highest BCUT2D eigenvalue weighted by Gasteiger charge is 2.19. The molecule has 4 aromatic rings. The number of carbonyl (C=O) groups is 1. The van der Waals surface area contributed by atoms with Crippen LogP contribution in [0.2, 0.25) is 0 Å². The molecule has 3 heterocycles. The van der Waals surface area contributed by atoms with Crippen LogP contribution in [0.15, 0.2) is 53.1 Å². The highest BCUT2D eigenvalue weighted by atomic mass is 16.5. The molecule has 3 aromatic heterocycles. The van der Waals surface area contributed by atoms with Crippen LogP contribution in [0.25, 0.3) is 22.1 Å². The minimum atomic E-state index is -0.569. The van der Waals surface area contributed by atoms with Gasteiger partial charge >= 0.3 is 5.97 Å². The van der Waals surface area contributed by atoms with E-state index >= 15 is 0 Å². The fourth-order valence-corrected chi connectivity index (χ4v) is 2.67. The monoisotopic (exact) mass is 348 g/mol. The minimum Gasteiger partial charge on any atom is -0.460 e. The summed E-state index contributed by atoms with van der Waals surface area (Å²) < 4.78 is 11.0. The van der Waals surface area contributed by atoms with Gasteiger partial charge < -0.3 is 14.5 Å². The van der Waals surface area contributed by atoms with E-state index < -0.39 is 5.97 Å². The van der Waals surface area contributed by atoms with Gasteiger partial charge in [-0.05, 0) is 31.2 Å². The third-order valence-electron chi connectivity index (χ3n) is 3.84. The topological polar surface area (TPSA) is 90.1 Å². The second-order valence-electron chi connectivity index (χ2n) is 5.57. The van der Waals surface area contributed by atoms with Crippen LogP contribution in [0, 0.1) is 0 Å². The Morgan fingerprint density at radius 3 is 2.81 bits per heavy atom. The standard InChI is InChI=1S/C19H16N4O3/c1-2-25-19(24)18-22-15-13-8-3-4-9-14(13)26-16(15)17(23-18)21-11-12-7-5-6-10-20-12/h3-10H,2,11H2,1H3,(H,21,22,23). The summed E-state index contributed by atoms with van der Waals surface area (Å²) in [5.74, 6) is -0.144. The van der Waals surface area contributed by atoms with Crippen molar-refractivity contribution in [1.29, 1.82) is 0 Å². The van der Waals surface area contributed by atoms with Gasteiger partial charge in [0.05, 0.1) is 18.8 Å². The molecule has 130 valence electrons. The number of rotatable bonds is 5. The Labute approximate surface area is 149 Å². The van der Waals surface area contributed by atoms with Crippen molar-refractivity contribution in [2.45, 2.75) is 13.5 Å². The first-order valence-corrected chi connectivity index (χ1v) is 8.26. The molecule has 1 N–H and O–H groups in total. The Balaban J connectivity index is 1.81. The van der Waals surface area contributed by atoms with E-state index in [1.165, 1.54) is 0 Å². The second-order valence-corrected chi connectivity index (χ2v) is 5.57. The van der Waals surface area contributed by atoms with E-state index in [1.807, 2.05) is 42.5 Å². The highest BCUT2D eigenvalue weighted by molar-refractivity contribution is 6.06. The Kier molecular flexibility index (Phi) is 4.18. The number of ether oxygens (including phenoxy) is 1. The van der Waals surface area contributed by atoms with Crippen LogP contribution in [0.1, 0.15) is 23.2 Å². The lowest BCUT2D eigenvalue weighted by atomic mass is 10.2. The molecular weight excluding hydrogens is 332 g/mol. The molecule has 0 unspecified atom stereocenters. The summed E-state index contributed by atoms with van der Waals surface area (Å²) in [4.78, 5) is 25.1. The number of para-hydroxylation sites is 1. The molecule has 0 saturated heterocycles. The normalized spacial score (nSPS) is 11.0. The van der Waals surface area contributed by atoms with Crippen molar-refractivity contribution in [3.63, 3.8) is 0 Å². The quantitative estimate of drug-likeness (QED) is 0.551. The fourth-order valence-electron chi connectivity index (χ4n) is 2.67. The Morgan fingerprint density at radius 1 is 1.15 bits per heavy atom. The van der Waals surface area contributed by atoms with Crippen LogP contribution >= 0.6 is 0 Å². The van der Waals surface area contributed by atoms with Gasteiger partial charge in [-0.1, -0.05) is 18.2 Å². The summed E-state index contributed by atoms with van der Waals surface area (Å²) in [6.45, 7) is 2.43. The number of nitrogens with one attached hydrogen (secondary N) is 1. The molecule has 1 aromatic carbocycles. The third-order valence-corrected chi connectivity index (χ3v) is 3.84. The number of pyridine rings is 1. The predicted molar refractivity (Wildman–Crippen MR) is 96.8 cm³/mol. The average molecular weight is 348 g/mol. The number of aromatic nitrogens is 3. The summed E-state index contributed by atoms with van der Waals surface area (Å²) in [5, 5.41) is 4.00. The molecule has 26 heavy (non-hydrogen) atoms. The minimum absolute atomic E-state index is 0.00516. The smallest absolute Gasteiger partial charge is 0.376 e. The first kappa shape index (κ1) is 16.0. The molecule has 0 aliphatic carbocycles. The molecule has 0 amide bonds. The van der Waals surface area contributed by atoms with Crippen molar-refractivity contribution < 1.29 is 13.9 Å². The number of nitrogens with zero attached hydrogens (tertiary/aromatic N) is 3. The van der Waals surface area contributed by atoms with Crippen LogP contribution in [-0.2, 0) is 11.3 Å². The van der Waals surface area contributed by atoms with Crippen LogP contribution in [0.3, 0.4) is 0 Å².